The molecule has 0 aliphatic carbocycles. The smallest absolute Gasteiger partial charge is 0.445 e. The molecular weight excluding hydrogens is 405 g/mol. The van der Waals surface area contributed by atoms with Gasteiger partial charge in [0.1, 0.15) is 6.61 Å². The van der Waals surface area contributed by atoms with Gasteiger partial charge >= 0.3 is 13.2 Å². The minimum atomic E-state index is -0.651. The van der Waals surface area contributed by atoms with Crippen LogP contribution in [-0.4, -0.2) is 41.2 Å². The first-order valence-electron chi connectivity index (χ1n) is 9.66. The Kier molecular flexibility index (Phi) is 6.80. The van der Waals surface area contributed by atoms with E-state index in [-0.39, 0.29) is 13.2 Å². The molecule has 2 heterocycles. The molecule has 7 nitrogen and oxygen atoms in total. The summed E-state index contributed by atoms with van der Waals surface area (Å²) >= 11 is 5.82. The van der Waals surface area contributed by atoms with Crippen LogP contribution < -0.4 is 5.32 Å². The number of hydrogen-bond acceptors (Lipinski definition) is 6. The second kappa shape index (κ2) is 9.16. The molecular formula is C21H25BClN3O4. The number of benzene rings is 1. The highest BCUT2D eigenvalue weighted by molar-refractivity contribution is 6.56. The maximum atomic E-state index is 12.2. The van der Waals surface area contributed by atoms with Crippen LogP contribution in [-0.2, 0) is 20.7 Å². The lowest BCUT2D eigenvalue weighted by Crippen LogP contribution is -2.41. The van der Waals surface area contributed by atoms with Crippen molar-refractivity contribution in [2.75, 3.05) is 6.54 Å². The van der Waals surface area contributed by atoms with E-state index in [1.807, 2.05) is 58.0 Å². The number of carbonyl (C=O) groups excluding carboxylic acids is 1. The number of aromatic nitrogens is 2. The van der Waals surface area contributed by atoms with Crippen LogP contribution in [0.4, 0.5) is 4.79 Å². The van der Waals surface area contributed by atoms with Gasteiger partial charge in [-0.1, -0.05) is 41.9 Å². The third kappa shape index (κ3) is 5.59. The SMILES string of the molecule is CC1(C)OB(C(=Cc2ccc(Cl)nn2)CNC(=O)OCc2ccccc2)OC1(C)C. The monoisotopic (exact) mass is 429 g/mol. The molecule has 2 aromatic rings. The van der Waals surface area contributed by atoms with Crippen molar-refractivity contribution in [3.63, 3.8) is 0 Å². The van der Waals surface area contributed by atoms with E-state index in [2.05, 4.69) is 15.5 Å². The maximum Gasteiger partial charge on any atom is 0.492 e. The number of alkyl carbamates (subject to hydrolysis) is 1. The van der Waals surface area contributed by atoms with Crippen LogP contribution in [0.3, 0.4) is 0 Å². The molecule has 0 atom stereocenters. The van der Waals surface area contributed by atoms with Crippen molar-refractivity contribution in [3.8, 4) is 0 Å². The number of halogens is 1. The molecule has 0 radical (unpaired) electrons. The summed E-state index contributed by atoms with van der Waals surface area (Å²) in [5.41, 5.74) is 1.13. The number of nitrogens with zero attached hydrogens (tertiary/aromatic N) is 2. The predicted molar refractivity (Wildman–Crippen MR) is 116 cm³/mol. The minimum Gasteiger partial charge on any atom is -0.445 e. The summed E-state index contributed by atoms with van der Waals surface area (Å²) in [6.45, 7) is 8.21. The van der Waals surface area contributed by atoms with Gasteiger partial charge in [0.2, 0.25) is 0 Å². The van der Waals surface area contributed by atoms with Crippen LogP contribution >= 0.6 is 11.6 Å². The second-order valence-electron chi connectivity index (χ2n) is 8.00. The molecule has 9 heteroatoms. The molecule has 1 aliphatic rings. The van der Waals surface area contributed by atoms with Crippen LogP contribution in [0.15, 0.2) is 47.9 Å². The maximum absolute atomic E-state index is 12.2. The van der Waals surface area contributed by atoms with Crippen molar-refractivity contribution in [2.45, 2.75) is 45.5 Å². The fraction of sp³-hybridized carbons (Fsp3) is 0.381. The van der Waals surface area contributed by atoms with Crippen molar-refractivity contribution in [2.24, 2.45) is 0 Å². The predicted octanol–water partition coefficient (Wildman–Crippen LogP) is 4.07. The lowest BCUT2D eigenvalue weighted by molar-refractivity contribution is 0.00578. The Labute approximate surface area is 181 Å². The highest BCUT2D eigenvalue weighted by atomic mass is 35.5. The van der Waals surface area contributed by atoms with Gasteiger partial charge in [-0.3, -0.25) is 0 Å². The molecule has 0 bridgehead atoms. The summed E-state index contributed by atoms with van der Waals surface area (Å²) in [7, 11) is -0.651. The Morgan fingerprint density at radius 3 is 2.37 bits per heavy atom. The Morgan fingerprint density at radius 1 is 1.10 bits per heavy atom. The zero-order valence-electron chi connectivity index (χ0n) is 17.5. The molecule has 1 amide bonds. The Hall–Kier alpha value is -2.42. The summed E-state index contributed by atoms with van der Waals surface area (Å²) in [6, 6.07) is 12.8. The molecule has 0 saturated carbocycles. The van der Waals surface area contributed by atoms with Gasteiger partial charge < -0.3 is 19.4 Å². The summed E-state index contributed by atoms with van der Waals surface area (Å²) in [6.07, 6.45) is 1.23. The number of carbonyl (C=O) groups is 1. The third-order valence-corrected chi connectivity index (χ3v) is 5.39. The van der Waals surface area contributed by atoms with E-state index in [1.54, 1.807) is 18.2 Å². The van der Waals surface area contributed by atoms with Gasteiger partial charge in [-0.15, -0.1) is 10.2 Å². The van der Waals surface area contributed by atoms with Gasteiger partial charge in [0.15, 0.2) is 5.15 Å². The van der Waals surface area contributed by atoms with Gasteiger partial charge in [-0.2, -0.15) is 0 Å². The van der Waals surface area contributed by atoms with Crippen molar-refractivity contribution in [1.29, 1.82) is 0 Å². The largest absolute Gasteiger partial charge is 0.492 e. The van der Waals surface area contributed by atoms with E-state index in [4.69, 9.17) is 25.6 Å². The number of amides is 1. The number of hydrogen-bond donors (Lipinski definition) is 1. The first kappa shape index (κ1) is 22.3. The molecule has 158 valence electrons. The molecule has 1 aromatic carbocycles. The average Bonchev–Trinajstić information content (AvgIpc) is 2.93. The first-order chi connectivity index (χ1) is 14.2. The van der Waals surface area contributed by atoms with Crippen molar-refractivity contribution in [3.05, 3.63) is 64.3 Å². The molecule has 1 aliphatic heterocycles. The van der Waals surface area contributed by atoms with E-state index in [0.717, 1.165) is 5.56 Å². The van der Waals surface area contributed by atoms with Crippen molar-refractivity contribution in [1.82, 2.24) is 15.5 Å². The second-order valence-corrected chi connectivity index (χ2v) is 8.39. The van der Waals surface area contributed by atoms with Crippen LogP contribution in [0, 0.1) is 0 Å². The third-order valence-electron chi connectivity index (χ3n) is 5.19. The topological polar surface area (TPSA) is 82.6 Å². The van der Waals surface area contributed by atoms with Crippen molar-refractivity contribution >= 4 is 30.9 Å². The summed E-state index contributed by atoms with van der Waals surface area (Å²) in [4.78, 5) is 12.2. The molecule has 1 fully saturated rings. The van der Waals surface area contributed by atoms with Gasteiger partial charge in [-0.25, -0.2) is 4.79 Å². The minimum absolute atomic E-state index is 0.161. The number of ether oxygens (including phenoxy) is 1. The molecule has 1 N–H and O–H groups in total. The fourth-order valence-electron chi connectivity index (χ4n) is 2.74. The van der Waals surface area contributed by atoms with E-state index in [9.17, 15) is 4.79 Å². The quantitative estimate of drug-likeness (QED) is 0.697. The highest BCUT2D eigenvalue weighted by Crippen LogP contribution is 2.38. The number of nitrogens with one attached hydrogen (secondary N) is 1. The lowest BCUT2D eigenvalue weighted by Gasteiger charge is -2.32. The fourth-order valence-corrected chi connectivity index (χ4v) is 2.84. The first-order valence-corrected chi connectivity index (χ1v) is 10.0. The zero-order valence-corrected chi connectivity index (χ0v) is 18.3. The standard InChI is InChI=1S/C21H25BClN3O4/c1-20(2)21(3,4)30-22(29-20)16(12-17-10-11-18(23)26-25-17)13-24-19(27)28-14-15-8-6-5-7-9-15/h5-12H,13-14H2,1-4H3,(H,24,27). The van der Waals surface area contributed by atoms with Gasteiger partial charge in [-0.05, 0) is 56.9 Å². The van der Waals surface area contributed by atoms with Gasteiger partial charge in [0.25, 0.3) is 0 Å². The molecule has 3 rings (SSSR count). The zero-order chi connectivity index (χ0) is 21.8. The van der Waals surface area contributed by atoms with Crippen LogP contribution in [0.2, 0.25) is 5.15 Å². The molecule has 0 spiro atoms. The number of rotatable bonds is 6. The van der Waals surface area contributed by atoms with Crippen molar-refractivity contribution < 1.29 is 18.8 Å². The van der Waals surface area contributed by atoms with Crippen LogP contribution in [0.5, 0.6) is 0 Å². The van der Waals surface area contributed by atoms with E-state index in [0.29, 0.717) is 16.3 Å². The lowest BCUT2D eigenvalue weighted by atomic mass is 9.77. The van der Waals surface area contributed by atoms with Gasteiger partial charge in [0.05, 0.1) is 16.9 Å². The Bertz CT molecular complexity index is 888. The van der Waals surface area contributed by atoms with E-state index in [1.165, 1.54) is 0 Å². The molecule has 30 heavy (non-hydrogen) atoms. The highest BCUT2D eigenvalue weighted by Gasteiger charge is 2.52. The van der Waals surface area contributed by atoms with Crippen LogP contribution in [0.1, 0.15) is 39.0 Å². The Morgan fingerprint density at radius 2 is 1.77 bits per heavy atom. The molecule has 1 aromatic heterocycles. The summed E-state index contributed by atoms with van der Waals surface area (Å²) < 4.78 is 17.5. The van der Waals surface area contributed by atoms with E-state index >= 15 is 0 Å². The summed E-state index contributed by atoms with van der Waals surface area (Å²) in [5, 5.41) is 11.0. The van der Waals surface area contributed by atoms with Crippen LogP contribution in [0.25, 0.3) is 6.08 Å². The van der Waals surface area contributed by atoms with E-state index < -0.39 is 24.4 Å². The molecule has 0 unspecified atom stereocenters. The normalized spacial score (nSPS) is 17.6. The molecule has 1 saturated heterocycles. The van der Waals surface area contributed by atoms with Gasteiger partial charge in [0, 0.05) is 6.54 Å². The Balaban J connectivity index is 1.70. The average molecular weight is 430 g/mol. The summed E-state index contributed by atoms with van der Waals surface area (Å²) in [5.74, 6) is 0.